The molecular weight excluding hydrogens is 432 g/mol. The summed E-state index contributed by atoms with van der Waals surface area (Å²) in [5, 5.41) is 12.7. The van der Waals surface area contributed by atoms with Crippen molar-refractivity contribution >= 4 is 15.8 Å². The molecule has 0 aliphatic carbocycles. The van der Waals surface area contributed by atoms with Gasteiger partial charge >= 0.3 is 5.97 Å². The van der Waals surface area contributed by atoms with Gasteiger partial charge in [0.25, 0.3) is 0 Å². The summed E-state index contributed by atoms with van der Waals surface area (Å²) < 4.78 is 38.5. The number of rotatable bonds is 9. The Morgan fingerprint density at radius 3 is 2.41 bits per heavy atom. The van der Waals surface area contributed by atoms with Crippen molar-refractivity contribution in [1.82, 2.24) is 9.78 Å². The summed E-state index contributed by atoms with van der Waals surface area (Å²) >= 11 is 0. The molecule has 3 rings (SSSR count). The number of aromatic nitrogens is 2. The summed E-state index contributed by atoms with van der Waals surface area (Å²) in [5.74, 6) is -0.0966. The van der Waals surface area contributed by atoms with E-state index in [1.165, 1.54) is 7.11 Å². The first-order chi connectivity index (χ1) is 15.1. The first kappa shape index (κ1) is 23.3. The van der Waals surface area contributed by atoms with Crippen molar-refractivity contribution in [2.24, 2.45) is 7.05 Å². The Bertz CT molecular complexity index is 1230. The summed E-state index contributed by atoms with van der Waals surface area (Å²) in [6, 6.07) is 10.2. The summed E-state index contributed by atoms with van der Waals surface area (Å²) in [4.78, 5) is 11.1. The molecule has 0 spiro atoms. The van der Waals surface area contributed by atoms with Crippen LogP contribution in [0.25, 0.3) is 11.1 Å². The molecule has 1 N–H and O–H groups in total. The van der Waals surface area contributed by atoms with E-state index in [-0.39, 0.29) is 12.2 Å². The maximum absolute atomic E-state index is 12.7. The fourth-order valence-electron chi connectivity index (χ4n) is 3.13. The number of aryl methyl sites for hydroxylation is 1. The van der Waals surface area contributed by atoms with Crippen molar-refractivity contribution in [2.45, 2.75) is 31.3 Å². The molecule has 0 aliphatic rings. The lowest BCUT2D eigenvalue weighted by atomic mass is 10.1. The number of hydrogen-bond acceptors (Lipinski definition) is 6. The Hall–Kier alpha value is -3.33. The molecule has 170 valence electrons. The van der Waals surface area contributed by atoms with Crippen LogP contribution in [-0.4, -0.2) is 41.6 Å². The maximum atomic E-state index is 12.7. The minimum Gasteiger partial charge on any atom is -0.493 e. The number of carboxylic acid groups (broad SMARTS) is 1. The zero-order valence-electron chi connectivity index (χ0n) is 18.4. The highest BCUT2D eigenvalue weighted by Gasteiger charge is 2.21. The second-order valence-corrected chi connectivity index (χ2v) is 10.3. The fraction of sp³-hybridized carbons (Fsp3) is 0.304. The van der Waals surface area contributed by atoms with Crippen LogP contribution < -0.4 is 9.47 Å². The molecule has 0 unspecified atom stereocenters. The lowest BCUT2D eigenvalue weighted by molar-refractivity contribution is -0.136. The van der Waals surface area contributed by atoms with Gasteiger partial charge in [-0.2, -0.15) is 5.10 Å². The molecule has 0 atom stereocenters. The third-order valence-electron chi connectivity index (χ3n) is 4.98. The van der Waals surface area contributed by atoms with Crippen molar-refractivity contribution in [3.05, 3.63) is 59.9 Å². The van der Waals surface area contributed by atoms with Gasteiger partial charge in [0.05, 0.1) is 30.7 Å². The van der Waals surface area contributed by atoms with Gasteiger partial charge in [0.15, 0.2) is 21.3 Å². The first-order valence-corrected chi connectivity index (χ1v) is 11.7. The van der Waals surface area contributed by atoms with E-state index in [0.29, 0.717) is 28.4 Å². The molecule has 9 heteroatoms. The smallest absolute Gasteiger partial charge is 0.307 e. The van der Waals surface area contributed by atoms with Crippen molar-refractivity contribution in [3.63, 3.8) is 0 Å². The summed E-state index contributed by atoms with van der Waals surface area (Å²) in [6.07, 6.45) is 3.37. The van der Waals surface area contributed by atoms with Gasteiger partial charge in [-0.1, -0.05) is 12.1 Å². The molecule has 1 aromatic heterocycles. The van der Waals surface area contributed by atoms with Crippen LogP contribution in [0.5, 0.6) is 17.2 Å². The van der Waals surface area contributed by atoms with Crippen LogP contribution in [-0.2, 0) is 33.9 Å². The standard InChI is InChI=1S/C23H26N2O6S/c1-15(2)32(28,29)14-18-11-17(19-12-24-25(3)13-19)6-8-20(18)31-22-9-16(10-23(26)27)5-7-21(22)30-4/h5-9,11-13,15H,10,14H2,1-4H3,(H,26,27). The molecule has 8 nitrogen and oxygen atoms in total. The van der Waals surface area contributed by atoms with E-state index in [1.54, 1.807) is 55.1 Å². The molecular formula is C23H26N2O6S. The highest BCUT2D eigenvalue weighted by atomic mass is 32.2. The van der Waals surface area contributed by atoms with Gasteiger partial charge in [0.2, 0.25) is 0 Å². The van der Waals surface area contributed by atoms with Crippen molar-refractivity contribution in [3.8, 4) is 28.4 Å². The van der Waals surface area contributed by atoms with E-state index in [9.17, 15) is 13.2 Å². The minimum absolute atomic E-state index is 0.172. The molecule has 1 heterocycles. The van der Waals surface area contributed by atoms with Crippen LogP contribution in [0, 0.1) is 0 Å². The van der Waals surface area contributed by atoms with Crippen LogP contribution in [0.4, 0.5) is 0 Å². The van der Waals surface area contributed by atoms with Gasteiger partial charge in [0, 0.05) is 24.4 Å². The Morgan fingerprint density at radius 2 is 1.81 bits per heavy atom. The lowest BCUT2D eigenvalue weighted by Crippen LogP contribution is -2.16. The third kappa shape index (κ3) is 5.47. The number of carboxylic acids is 1. The van der Waals surface area contributed by atoms with Crippen molar-refractivity contribution in [2.75, 3.05) is 7.11 Å². The molecule has 2 aromatic carbocycles. The molecule has 0 saturated carbocycles. The van der Waals surface area contributed by atoms with Gasteiger partial charge in [-0.05, 0) is 49.2 Å². The Morgan fingerprint density at radius 1 is 1.09 bits per heavy atom. The Kier molecular flexibility index (Phi) is 6.88. The zero-order valence-corrected chi connectivity index (χ0v) is 19.2. The van der Waals surface area contributed by atoms with Gasteiger partial charge in [-0.25, -0.2) is 8.42 Å². The lowest BCUT2D eigenvalue weighted by Gasteiger charge is -2.16. The van der Waals surface area contributed by atoms with E-state index in [1.807, 2.05) is 19.3 Å². The van der Waals surface area contributed by atoms with Crippen LogP contribution in [0.1, 0.15) is 25.0 Å². The molecule has 32 heavy (non-hydrogen) atoms. The number of hydrogen-bond donors (Lipinski definition) is 1. The minimum atomic E-state index is -3.41. The van der Waals surface area contributed by atoms with Crippen molar-refractivity contribution in [1.29, 1.82) is 0 Å². The number of sulfone groups is 1. The predicted molar refractivity (Wildman–Crippen MR) is 121 cm³/mol. The molecule has 3 aromatic rings. The van der Waals surface area contributed by atoms with Gasteiger partial charge in [-0.3, -0.25) is 9.48 Å². The van der Waals surface area contributed by atoms with E-state index < -0.39 is 21.1 Å². The van der Waals surface area contributed by atoms with E-state index in [2.05, 4.69) is 5.10 Å². The SMILES string of the molecule is COc1ccc(CC(=O)O)cc1Oc1ccc(-c2cnn(C)c2)cc1CS(=O)(=O)C(C)C. The Balaban J connectivity index is 2.06. The number of ether oxygens (including phenoxy) is 2. The first-order valence-electron chi connectivity index (χ1n) is 9.99. The normalized spacial score (nSPS) is 11.5. The highest BCUT2D eigenvalue weighted by molar-refractivity contribution is 7.91. The zero-order chi connectivity index (χ0) is 23.5. The second kappa shape index (κ2) is 9.44. The third-order valence-corrected chi connectivity index (χ3v) is 7.13. The number of methoxy groups -OCH3 is 1. The average Bonchev–Trinajstić information content (AvgIpc) is 3.15. The van der Waals surface area contributed by atoms with Crippen LogP contribution in [0.15, 0.2) is 48.8 Å². The molecule has 0 amide bonds. The second-order valence-electron chi connectivity index (χ2n) is 7.74. The largest absolute Gasteiger partial charge is 0.493 e. The molecule has 0 radical (unpaired) electrons. The Labute approximate surface area is 187 Å². The molecule has 0 aliphatic heterocycles. The summed E-state index contributed by atoms with van der Waals surface area (Å²) in [7, 11) is -0.121. The van der Waals surface area contributed by atoms with Gasteiger partial charge < -0.3 is 14.6 Å². The van der Waals surface area contributed by atoms with Gasteiger partial charge in [-0.15, -0.1) is 0 Å². The molecule has 0 bridgehead atoms. The van der Waals surface area contributed by atoms with Crippen LogP contribution in [0.3, 0.4) is 0 Å². The quantitative estimate of drug-likeness (QED) is 0.519. The monoisotopic (exact) mass is 458 g/mol. The fourth-order valence-corrected chi connectivity index (χ4v) is 4.12. The number of benzene rings is 2. The van der Waals surface area contributed by atoms with Crippen LogP contribution in [0.2, 0.25) is 0 Å². The average molecular weight is 459 g/mol. The van der Waals surface area contributed by atoms with E-state index in [4.69, 9.17) is 14.6 Å². The predicted octanol–water partition coefficient (Wildman–Crippen LogP) is 3.84. The summed E-state index contributed by atoms with van der Waals surface area (Å²) in [6.45, 7) is 3.28. The topological polar surface area (TPSA) is 108 Å². The van der Waals surface area contributed by atoms with E-state index >= 15 is 0 Å². The number of nitrogens with zero attached hydrogens (tertiary/aromatic N) is 2. The molecule has 0 saturated heterocycles. The van der Waals surface area contributed by atoms with Gasteiger partial charge in [0.1, 0.15) is 5.75 Å². The summed E-state index contributed by atoms with van der Waals surface area (Å²) in [5.41, 5.74) is 2.69. The highest BCUT2D eigenvalue weighted by Crippen LogP contribution is 2.36. The van der Waals surface area contributed by atoms with E-state index in [0.717, 1.165) is 11.1 Å². The maximum Gasteiger partial charge on any atom is 0.307 e. The molecule has 0 fully saturated rings. The number of aliphatic carboxylic acids is 1. The van der Waals surface area contributed by atoms with Crippen LogP contribution >= 0.6 is 0 Å². The van der Waals surface area contributed by atoms with Crippen molar-refractivity contribution < 1.29 is 27.8 Å². The number of carbonyl (C=O) groups is 1.